The van der Waals surface area contributed by atoms with Crippen molar-refractivity contribution in [3.8, 4) is 11.5 Å². The summed E-state index contributed by atoms with van der Waals surface area (Å²) in [4.78, 5) is 61.3. The molecular weight excluding hydrogens is 868 g/mol. The molecule has 0 aromatic heterocycles. The van der Waals surface area contributed by atoms with Crippen LogP contribution in [0.3, 0.4) is 0 Å². The number of rotatable bonds is 20. The smallest absolute Gasteiger partial charge is 0.261 e. The molecule has 5 aromatic rings. The normalized spacial score (nSPS) is 15.2. The highest BCUT2D eigenvalue weighted by atomic mass is 79.9. The fourth-order valence-electron chi connectivity index (χ4n) is 8.96. The molecule has 0 spiro atoms. The highest BCUT2D eigenvalue weighted by Crippen LogP contribution is 2.55. The number of nitrogens with zero attached hydrogens (tertiary/aromatic N) is 2. The molecule has 4 amide bonds. The molecule has 2 unspecified atom stereocenters. The molecule has 0 N–H and O–H groups in total. The Morgan fingerprint density at radius 1 is 0.500 bits per heavy atom. The van der Waals surface area contributed by atoms with Gasteiger partial charge < -0.3 is 18.9 Å². The number of unbranched alkanes of at least 4 members (excludes halogenated alkanes) is 2. The molecule has 2 aliphatic rings. The van der Waals surface area contributed by atoms with Crippen LogP contribution in [0.15, 0.2) is 33.2 Å². The predicted octanol–water partition coefficient (Wildman–Crippen LogP) is 10.9. The summed E-state index contributed by atoms with van der Waals surface area (Å²) in [6.45, 7) is 10.1. The van der Waals surface area contributed by atoms with Crippen molar-refractivity contribution < 1.29 is 38.1 Å². The molecule has 12 heteroatoms. The molecule has 2 aliphatic heterocycles. The summed E-state index contributed by atoms with van der Waals surface area (Å²) < 4.78 is 25.0. The number of hydrogen-bond donors (Lipinski definition) is 0. The highest BCUT2D eigenvalue weighted by molar-refractivity contribution is 9.11. The van der Waals surface area contributed by atoms with Gasteiger partial charge in [0.25, 0.3) is 23.6 Å². The molecule has 0 radical (unpaired) electrons. The highest BCUT2D eigenvalue weighted by Gasteiger charge is 2.41. The van der Waals surface area contributed by atoms with Gasteiger partial charge in [0.2, 0.25) is 0 Å². The third-order valence-corrected chi connectivity index (χ3v) is 13.4. The third kappa shape index (κ3) is 7.15. The lowest BCUT2D eigenvalue weighted by molar-refractivity contribution is 0.0565. The molecule has 0 aliphatic carbocycles. The standard InChI is InChI=1S/C46H52Br2N2O8/c1-7-11-13-25(9-3)23-49-43(51)27-19-31(47)37-40-34(58-18-16-56-6)22-30-36-28(44(52)50(46(30)54)24-26(10-4)14-12-8-2)20-32(48)38(42(36)40)39-33(57-17-15-55-5)21-29(45(49)53)35(27)41(37)39/h19-22,25-26H,7-18,23-24H2,1-6H3. The van der Waals surface area contributed by atoms with Crippen molar-refractivity contribution in [2.24, 2.45) is 11.8 Å². The van der Waals surface area contributed by atoms with Crippen LogP contribution in [0, 0.1) is 11.8 Å². The van der Waals surface area contributed by atoms with Gasteiger partial charge in [0.15, 0.2) is 0 Å². The van der Waals surface area contributed by atoms with E-state index in [4.69, 9.17) is 18.9 Å². The lowest BCUT2D eigenvalue weighted by atomic mass is 9.81. The van der Waals surface area contributed by atoms with Crippen LogP contribution in [-0.2, 0) is 9.47 Å². The Morgan fingerprint density at radius 2 is 0.862 bits per heavy atom. The summed E-state index contributed by atoms with van der Waals surface area (Å²) in [6, 6.07) is 7.12. The molecular formula is C46H52Br2N2O8. The Balaban J connectivity index is 1.57. The van der Waals surface area contributed by atoms with Crippen LogP contribution in [0.25, 0.3) is 43.1 Å². The first-order valence-corrected chi connectivity index (χ1v) is 22.3. The fraction of sp³-hybridized carbons (Fsp3) is 0.478. The number of imide groups is 2. The summed E-state index contributed by atoms with van der Waals surface area (Å²) in [5.41, 5.74) is 1.58. The van der Waals surface area contributed by atoms with E-state index in [9.17, 15) is 19.2 Å². The number of benzene rings is 5. The van der Waals surface area contributed by atoms with Gasteiger partial charge in [0, 0.05) is 90.5 Å². The van der Waals surface area contributed by atoms with Crippen molar-refractivity contribution in [1.82, 2.24) is 9.80 Å². The Bertz CT molecular complexity index is 2260. The van der Waals surface area contributed by atoms with E-state index < -0.39 is 0 Å². The zero-order valence-electron chi connectivity index (χ0n) is 34.3. The topological polar surface area (TPSA) is 112 Å². The number of amides is 4. The SMILES string of the molecule is CCCCC(CC)CN1C(=O)c2cc(Br)c3c4c(OCCOC)cc5c6c(cc(Br)c(c7c(OCCOC)cc(c2c37)C1=O)c64)C(=O)N(CC(CC)CCCC)C5=O. The second kappa shape index (κ2) is 17.8. The molecule has 10 nitrogen and oxygen atoms in total. The first kappa shape index (κ1) is 42.3. The van der Waals surface area contributed by atoms with E-state index in [2.05, 4.69) is 59.6 Å². The minimum atomic E-state index is -0.365. The minimum absolute atomic E-state index is 0.169. The predicted molar refractivity (Wildman–Crippen MR) is 235 cm³/mol. The van der Waals surface area contributed by atoms with E-state index in [0.717, 1.165) is 51.4 Å². The van der Waals surface area contributed by atoms with Crippen LogP contribution in [0.1, 0.15) is 120 Å². The van der Waals surface area contributed by atoms with Crippen molar-refractivity contribution in [3.63, 3.8) is 0 Å². The summed E-state index contributed by atoms with van der Waals surface area (Å²) in [7, 11) is 3.19. The molecule has 2 heterocycles. The van der Waals surface area contributed by atoms with E-state index in [-0.39, 0.29) is 48.7 Å². The van der Waals surface area contributed by atoms with Gasteiger partial charge in [-0.25, -0.2) is 0 Å². The Morgan fingerprint density at radius 3 is 1.19 bits per heavy atom. The van der Waals surface area contributed by atoms with E-state index in [1.165, 1.54) is 9.80 Å². The van der Waals surface area contributed by atoms with E-state index in [1.54, 1.807) is 38.5 Å². The molecule has 0 fully saturated rings. The average Bonchev–Trinajstić information content (AvgIpc) is 3.22. The van der Waals surface area contributed by atoms with E-state index >= 15 is 0 Å². The number of ether oxygens (including phenoxy) is 4. The Labute approximate surface area is 356 Å². The van der Waals surface area contributed by atoms with Crippen molar-refractivity contribution in [2.75, 3.05) is 53.7 Å². The maximum atomic E-state index is 14.7. The van der Waals surface area contributed by atoms with Crippen molar-refractivity contribution in [1.29, 1.82) is 0 Å². The van der Waals surface area contributed by atoms with Crippen LogP contribution < -0.4 is 9.47 Å². The number of methoxy groups -OCH3 is 2. The first-order valence-electron chi connectivity index (χ1n) is 20.7. The summed E-state index contributed by atoms with van der Waals surface area (Å²) in [5.74, 6) is -0.220. The van der Waals surface area contributed by atoms with Crippen LogP contribution in [0.5, 0.6) is 11.5 Å². The van der Waals surface area contributed by atoms with Crippen molar-refractivity contribution in [3.05, 3.63) is 55.5 Å². The number of carbonyl (C=O) groups is 4. The molecule has 2 atom stereocenters. The summed E-state index contributed by atoms with van der Waals surface area (Å²) in [6.07, 6.45) is 7.63. The summed E-state index contributed by atoms with van der Waals surface area (Å²) >= 11 is 7.79. The van der Waals surface area contributed by atoms with Gasteiger partial charge in [-0.3, -0.25) is 29.0 Å². The zero-order valence-corrected chi connectivity index (χ0v) is 37.5. The lowest BCUT2D eigenvalue weighted by Gasteiger charge is -2.33. The van der Waals surface area contributed by atoms with Crippen LogP contribution in [-0.4, -0.2) is 87.2 Å². The maximum absolute atomic E-state index is 14.7. The van der Waals surface area contributed by atoms with Gasteiger partial charge >= 0.3 is 0 Å². The average molecular weight is 921 g/mol. The number of hydrogen-bond acceptors (Lipinski definition) is 8. The Kier molecular flexibility index (Phi) is 13.0. The fourth-order valence-corrected chi connectivity index (χ4v) is 10.2. The van der Waals surface area contributed by atoms with Crippen LogP contribution in [0.4, 0.5) is 0 Å². The second-order valence-corrected chi connectivity index (χ2v) is 17.3. The van der Waals surface area contributed by atoms with E-state index in [1.807, 2.05) is 0 Å². The van der Waals surface area contributed by atoms with Gasteiger partial charge in [-0.2, -0.15) is 0 Å². The minimum Gasteiger partial charge on any atom is -0.490 e. The van der Waals surface area contributed by atoms with Gasteiger partial charge in [-0.15, -0.1) is 0 Å². The van der Waals surface area contributed by atoms with E-state index in [0.29, 0.717) is 112 Å². The molecule has 7 rings (SSSR count). The van der Waals surface area contributed by atoms with Crippen molar-refractivity contribution in [2.45, 2.75) is 79.1 Å². The van der Waals surface area contributed by atoms with Gasteiger partial charge in [0.05, 0.1) is 24.3 Å². The first-order chi connectivity index (χ1) is 28.1. The number of carbonyl (C=O) groups excluding carboxylic acids is 4. The maximum Gasteiger partial charge on any atom is 0.261 e. The molecule has 0 bridgehead atoms. The zero-order chi connectivity index (χ0) is 41.4. The third-order valence-electron chi connectivity index (χ3n) is 12.1. The van der Waals surface area contributed by atoms with Crippen molar-refractivity contribution >= 4 is 98.6 Å². The van der Waals surface area contributed by atoms with Gasteiger partial charge in [-0.1, -0.05) is 98.1 Å². The van der Waals surface area contributed by atoms with Crippen LogP contribution >= 0.6 is 31.9 Å². The quantitative estimate of drug-likeness (QED) is 0.0328. The number of fused-ring (bicyclic) bond motifs is 2. The molecule has 5 aromatic carbocycles. The lowest BCUT2D eigenvalue weighted by Crippen LogP contribution is -2.43. The molecule has 0 saturated carbocycles. The monoisotopic (exact) mass is 918 g/mol. The van der Waals surface area contributed by atoms with Gasteiger partial charge in [0.1, 0.15) is 24.7 Å². The second-order valence-electron chi connectivity index (χ2n) is 15.6. The largest absolute Gasteiger partial charge is 0.490 e. The Hall–Kier alpha value is -3.84. The molecule has 0 saturated heterocycles. The number of halogens is 2. The molecule has 308 valence electrons. The summed E-state index contributed by atoms with van der Waals surface area (Å²) in [5, 5.41) is 5.02. The van der Waals surface area contributed by atoms with Gasteiger partial charge in [-0.05, 0) is 48.9 Å². The molecule has 58 heavy (non-hydrogen) atoms. The van der Waals surface area contributed by atoms with Crippen LogP contribution in [0.2, 0.25) is 0 Å².